The summed E-state index contributed by atoms with van der Waals surface area (Å²) in [6.07, 6.45) is 0.561. The van der Waals surface area contributed by atoms with Gasteiger partial charge in [0.1, 0.15) is 11.3 Å². The number of amides is 3. The van der Waals surface area contributed by atoms with Crippen LogP contribution in [0.2, 0.25) is 0 Å². The average Bonchev–Trinajstić information content (AvgIpc) is 2.92. The number of urea groups is 1. The van der Waals surface area contributed by atoms with E-state index in [1.807, 2.05) is 61.5 Å². The number of nitrogens with zero attached hydrogens (tertiary/aromatic N) is 4. The van der Waals surface area contributed by atoms with Gasteiger partial charge in [-0.25, -0.2) is 19.6 Å². The monoisotopic (exact) mass is 529 g/mol. The summed E-state index contributed by atoms with van der Waals surface area (Å²) >= 11 is 0. The molecule has 2 heterocycles. The van der Waals surface area contributed by atoms with Crippen LogP contribution in [0.1, 0.15) is 59.8 Å². The van der Waals surface area contributed by atoms with Gasteiger partial charge in [0.2, 0.25) is 0 Å². The molecular weight excluding hydrogens is 494 g/mol. The van der Waals surface area contributed by atoms with Gasteiger partial charge in [-0.05, 0) is 51.8 Å². The lowest BCUT2D eigenvalue weighted by molar-refractivity contribution is 0.0367. The highest BCUT2D eigenvalue weighted by atomic mass is 16.5. The number of rotatable bonds is 6. The molecule has 0 saturated carbocycles. The lowest BCUT2D eigenvalue weighted by atomic mass is 10.1. The summed E-state index contributed by atoms with van der Waals surface area (Å²) in [5.41, 5.74) is 3.10. The fraction of sp³-hybridized carbons (Fsp3) is 0.367. The third kappa shape index (κ3) is 6.42. The van der Waals surface area contributed by atoms with E-state index in [1.54, 1.807) is 30.6 Å². The first-order chi connectivity index (χ1) is 18.7. The molecule has 9 nitrogen and oxygen atoms in total. The number of ether oxygens (including phenoxy) is 1. The maximum Gasteiger partial charge on any atom is 0.342 e. The minimum atomic E-state index is -0.634. The molecule has 1 aromatic heterocycles. The fourth-order valence-corrected chi connectivity index (χ4v) is 4.57. The van der Waals surface area contributed by atoms with E-state index in [9.17, 15) is 14.4 Å². The Balaban J connectivity index is 1.56. The van der Waals surface area contributed by atoms with Crippen LogP contribution in [0.3, 0.4) is 0 Å². The molecule has 0 spiro atoms. The molecule has 0 bridgehead atoms. The molecule has 2 aromatic carbocycles. The standard InChI is InChI=1S/C30H35N5O4/c1-6-22-12-14-24(15-13-22)32-30(38)35-17-16-34(18-20(35)4)28(36)26-25(29(37)39-19(2)3)21(5)31-27(33-26)23-10-8-7-9-11-23/h7-15,19-20H,6,16-18H2,1-5H3,(H,32,38). The Hall–Kier alpha value is -4.27. The summed E-state index contributed by atoms with van der Waals surface area (Å²) in [5.74, 6) is -0.668. The van der Waals surface area contributed by atoms with Crippen molar-refractivity contribution in [3.05, 3.63) is 77.1 Å². The van der Waals surface area contributed by atoms with Gasteiger partial charge in [0.25, 0.3) is 5.91 Å². The van der Waals surface area contributed by atoms with Crippen molar-refractivity contribution in [3.63, 3.8) is 0 Å². The predicted molar refractivity (Wildman–Crippen MR) is 150 cm³/mol. The molecule has 1 saturated heterocycles. The van der Waals surface area contributed by atoms with Crippen molar-refractivity contribution in [2.24, 2.45) is 0 Å². The Kier molecular flexibility index (Phi) is 8.59. The van der Waals surface area contributed by atoms with Crippen LogP contribution in [0.4, 0.5) is 10.5 Å². The molecule has 0 aliphatic carbocycles. The third-order valence-corrected chi connectivity index (χ3v) is 6.66. The number of hydrogen-bond acceptors (Lipinski definition) is 6. The number of benzene rings is 2. The highest BCUT2D eigenvalue weighted by Crippen LogP contribution is 2.23. The first-order valence-electron chi connectivity index (χ1n) is 13.3. The SMILES string of the molecule is CCc1ccc(NC(=O)N2CCN(C(=O)c3nc(-c4ccccc4)nc(C)c3C(=O)OC(C)C)CC2C)cc1. The van der Waals surface area contributed by atoms with Crippen LogP contribution >= 0.6 is 0 Å². The van der Waals surface area contributed by atoms with Crippen molar-refractivity contribution in [1.29, 1.82) is 0 Å². The van der Waals surface area contributed by atoms with Gasteiger partial charge >= 0.3 is 12.0 Å². The number of nitrogens with one attached hydrogen (secondary N) is 1. The van der Waals surface area contributed by atoms with Crippen molar-refractivity contribution >= 4 is 23.6 Å². The molecule has 204 valence electrons. The lowest BCUT2D eigenvalue weighted by Gasteiger charge is -2.39. The number of esters is 1. The highest BCUT2D eigenvalue weighted by Gasteiger charge is 2.34. The second-order valence-electron chi connectivity index (χ2n) is 9.95. The van der Waals surface area contributed by atoms with E-state index < -0.39 is 11.9 Å². The van der Waals surface area contributed by atoms with E-state index >= 15 is 0 Å². The van der Waals surface area contributed by atoms with Crippen molar-refractivity contribution in [2.75, 3.05) is 25.0 Å². The van der Waals surface area contributed by atoms with Gasteiger partial charge in [-0.3, -0.25) is 4.79 Å². The fourth-order valence-electron chi connectivity index (χ4n) is 4.57. The second-order valence-corrected chi connectivity index (χ2v) is 9.95. The summed E-state index contributed by atoms with van der Waals surface area (Å²) in [5, 5.41) is 2.95. The number of piperazine rings is 1. The number of aromatic nitrogens is 2. The molecule has 1 N–H and O–H groups in total. The van der Waals surface area contributed by atoms with E-state index in [1.165, 1.54) is 5.56 Å². The molecule has 1 aliphatic heterocycles. The Morgan fingerprint density at radius 3 is 2.33 bits per heavy atom. The van der Waals surface area contributed by atoms with Gasteiger partial charge < -0.3 is 19.9 Å². The van der Waals surface area contributed by atoms with Crippen LogP contribution in [-0.4, -0.2) is 69.5 Å². The average molecular weight is 530 g/mol. The van der Waals surface area contributed by atoms with E-state index in [0.717, 1.165) is 17.7 Å². The minimum Gasteiger partial charge on any atom is -0.459 e. The molecule has 3 amide bonds. The summed E-state index contributed by atoms with van der Waals surface area (Å²) in [6.45, 7) is 10.1. The number of hydrogen-bond donors (Lipinski definition) is 1. The first kappa shape index (κ1) is 27.8. The number of anilines is 1. The van der Waals surface area contributed by atoms with Crippen molar-refractivity contribution in [2.45, 2.75) is 53.2 Å². The Morgan fingerprint density at radius 1 is 1.03 bits per heavy atom. The maximum atomic E-state index is 13.8. The molecular formula is C30H35N5O4. The van der Waals surface area contributed by atoms with Gasteiger partial charge in [-0.1, -0.05) is 49.4 Å². The molecule has 0 radical (unpaired) electrons. The second kappa shape index (κ2) is 12.1. The number of aryl methyl sites for hydroxylation is 2. The molecule has 9 heteroatoms. The Morgan fingerprint density at radius 2 is 1.72 bits per heavy atom. The Bertz CT molecular complexity index is 1340. The van der Waals surface area contributed by atoms with Crippen LogP contribution in [0, 0.1) is 6.92 Å². The predicted octanol–water partition coefficient (Wildman–Crippen LogP) is 4.96. The zero-order valence-corrected chi connectivity index (χ0v) is 23.1. The number of carbonyl (C=O) groups is 3. The van der Waals surface area contributed by atoms with Gasteiger partial charge in [0, 0.05) is 36.9 Å². The van der Waals surface area contributed by atoms with Crippen molar-refractivity contribution in [3.8, 4) is 11.4 Å². The zero-order valence-electron chi connectivity index (χ0n) is 23.1. The van der Waals surface area contributed by atoms with Gasteiger partial charge in [-0.2, -0.15) is 0 Å². The van der Waals surface area contributed by atoms with Crippen molar-refractivity contribution < 1.29 is 19.1 Å². The Labute approximate surface area is 229 Å². The summed E-state index contributed by atoms with van der Waals surface area (Å²) in [6, 6.07) is 16.6. The summed E-state index contributed by atoms with van der Waals surface area (Å²) in [7, 11) is 0. The molecule has 1 aliphatic rings. The van der Waals surface area contributed by atoms with Gasteiger partial charge in [-0.15, -0.1) is 0 Å². The summed E-state index contributed by atoms with van der Waals surface area (Å²) < 4.78 is 5.43. The third-order valence-electron chi connectivity index (χ3n) is 6.66. The molecule has 3 aromatic rings. The van der Waals surface area contributed by atoms with Crippen LogP contribution in [0.25, 0.3) is 11.4 Å². The van der Waals surface area contributed by atoms with Crippen LogP contribution in [0.15, 0.2) is 54.6 Å². The minimum absolute atomic E-state index is 0.00752. The normalized spacial score (nSPS) is 15.3. The quantitative estimate of drug-likeness (QED) is 0.453. The molecule has 1 atom stereocenters. The molecule has 1 unspecified atom stereocenters. The van der Waals surface area contributed by atoms with Crippen LogP contribution in [-0.2, 0) is 11.2 Å². The molecule has 4 rings (SSSR count). The first-order valence-corrected chi connectivity index (χ1v) is 13.3. The molecule has 39 heavy (non-hydrogen) atoms. The van der Waals surface area contributed by atoms with E-state index in [-0.39, 0.29) is 29.4 Å². The maximum absolute atomic E-state index is 13.8. The highest BCUT2D eigenvalue weighted by molar-refractivity contribution is 6.05. The largest absolute Gasteiger partial charge is 0.459 e. The zero-order chi connectivity index (χ0) is 28.1. The number of carbonyl (C=O) groups excluding carboxylic acids is 3. The van der Waals surface area contributed by atoms with Gasteiger partial charge in [0.05, 0.1) is 11.8 Å². The summed E-state index contributed by atoms with van der Waals surface area (Å²) in [4.78, 5) is 52.3. The lowest BCUT2D eigenvalue weighted by Crippen LogP contribution is -2.56. The van der Waals surface area contributed by atoms with Crippen LogP contribution < -0.4 is 5.32 Å². The topological polar surface area (TPSA) is 105 Å². The smallest absolute Gasteiger partial charge is 0.342 e. The van der Waals surface area contributed by atoms with E-state index in [2.05, 4.69) is 22.2 Å². The van der Waals surface area contributed by atoms with Crippen LogP contribution in [0.5, 0.6) is 0 Å². The van der Waals surface area contributed by atoms with E-state index in [0.29, 0.717) is 31.2 Å². The molecule has 1 fully saturated rings. The van der Waals surface area contributed by atoms with Crippen molar-refractivity contribution in [1.82, 2.24) is 19.8 Å². The van der Waals surface area contributed by atoms with Gasteiger partial charge in [0.15, 0.2) is 5.82 Å². The van der Waals surface area contributed by atoms with E-state index in [4.69, 9.17) is 4.74 Å².